The van der Waals surface area contributed by atoms with Crippen LogP contribution in [0.25, 0.3) is 10.9 Å². The summed E-state index contributed by atoms with van der Waals surface area (Å²) in [7, 11) is 3.92. The van der Waals surface area contributed by atoms with E-state index in [-0.39, 0.29) is 17.8 Å². The number of pyridine rings is 1. The summed E-state index contributed by atoms with van der Waals surface area (Å²) in [4.78, 5) is 32.0. The van der Waals surface area contributed by atoms with E-state index in [1.807, 2.05) is 50.2 Å². The van der Waals surface area contributed by atoms with Gasteiger partial charge in [-0.15, -0.1) is 0 Å². The summed E-state index contributed by atoms with van der Waals surface area (Å²) < 4.78 is 14.0. The van der Waals surface area contributed by atoms with Crippen molar-refractivity contribution in [1.29, 1.82) is 0 Å². The van der Waals surface area contributed by atoms with Gasteiger partial charge in [0.25, 0.3) is 5.56 Å². The Morgan fingerprint density at radius 3 is 2.60 bits per heavy atom. The number of carbonyl (C=O) groups excluding carboxylic acids is 1. The molecule has 3 rings (SSSR count). The lowest BCUT2D eigenvalue weighted by Gasteiger charge is -2.24. The third-order valence-corrected chi connectivity index (χ3v) is 4.96. The van der Waals surface area contributed by atoms with Gasteiger partial charge >= 0.3 is 6.03 Å². The van der Waals surface area contributed by atoms with Crippen LogP contribution in [-0.2, 0) is 6.54 Å². The molecular weight excluding hydrogens is 383 g/mol. The number of nitrogens with zero attached hydrogens (tertiary/aromatic N) is 2. The van der Waals surface area contributed by atoms with E-state index in [1.54, 1.807) is 17.0 Å². The SMILES string of the molecule is Cc1cccc2cc(CN(CCCN(C)C)C(=O)Nc3ccccc3F)c(=O)[nH]c12. The van der Waals surface area contributed by atoms with Gasteiger partial charge in [0.1, 0.15) is 5.82 Å². The first-order valence-electron chi connectivity index (χ1n) is 9.92. The molecule has 1 heterocycles. The summed E-state index contributed by atoms with van der Waals surface area (Å²) in [5, 5.41) is 3.53. The Morgan fingerprint density at radius 1 is 1.10 bits per heavy atom. The number of benzene rings is 2. The number of anilines is 1. The highest BCUT2D eigenvalue weighted by molar-refractivity contribution is 5.89. The molecule has 0 fully saturated rings. The van der Waals surface area contributed by atoms with Crippen LogP contribution in [0.5, 0.6) is 0 Å². The lowest BCUT2D eigenvalue weighted by molar-refractivity contribution is 0.205. The number of hydrogen-bond donors (Lipinski definition) is 2. The summed E-state index contributed by atoms with van der Waals surface area (Å²) >= 11 is 0. The zero-order valence-corrected chi connectivity index (χ0v) is 17.5. The van der Waals surface area contributed by atoms with Gasteiger partial charge in [0.15, 0.2) is 0 Å². The van der Waals surface area contributed by atoms with Crippen molar-refractivity contribution in [1.82, 2.24) is 14.8 Å². The molecule has 30 heavy (non-hydrogen) atoms. The number of hydrogen-bond acceptors (Lipinski definition) is 3. The third kappa shape index (κ3) is 5.24. The molecule has 0 aliphatic carbocycles. The minimum atomic E-state index is -0.502. The number of aryl methyl sites for hydroxylation is 1. The molecule has 0 bridgehead atoms. The number of rotatable bonds is 7. The number of nitrogens with one attached hydrogen (secondary N) is 2. The van der Waals surface area contributed by atoms with Crippen LogP contribution in [0.3, 0.4) is 0 Å². The number of carbonyl (C=O) groups is 1. The smallest absolute Gasteiger partial charge is 0.321 e. The standard InChI is InChI=1S/C23H27FN4O2/c1-16-8-6-9-17-14-18(22(29)26-21(16)17)15-28(13-7-12-27(2)3)23(30)25-20-11-5-4-10-19(20)24/h4-6,8-11,14H,7,12-13,15H2,1-3H3,(H,25,30)(H,26,29). The molecule has 158 valence electrons. The number of halogens is 1. The lowest BCUT2D eigenvalue weighted by atomic mass is 10.1. The number of para-hydroxylation sites is 2. The molecule has 2 N–H and O–H groups in total. The van der Waals surface area contributed by atoms with Crippen LogP contribution >= 0.6 is 0 Å². The molecule has 0 atom stereocenters. The molecule has 0 aliphatic rings. The fourth-order valence-electron chi connectivity index (χ4n) is 3.34. The van der Waals surface area contributed by atoms with Gasteiger partial charge in [-0.3, -0.25) is 4.79 Å². The second-order valence-corrected chi connectivity index (χ2v) is 7.65. The van der Waals surface area contributed by atoms with E-state index in [1.165, 1.54) is 12.1 Å². The van der Waals surface area contributed by atoms with Crippen LogP contribution in [0.1, 0.15) is 17.5 Å². The predicted molar refractivity (Wildman–Crippen MR) is 118 cm³/mol. The maximum Gasteiger partial charge on any atom is 0.322 e. The highest BCUT2D eigenvalue weighted by Crippen LogP contribution is 2.17. The average molecular weight is 410 g/mol. The Hall–Kier alpha value is -3.19. The largest absolute Gasteiger partial charge is 0.322 e. The van der Waals surface area contributed by atoms with Crippen LogP contribution in [0.2, 0.25) is 0 Å². The van der Waals surface area contributed by atoms with E-state index in [9.17, 15) is 14.0 Å². The summed E-state index contributed by atoms with van der Waals surface area (Å²) in [6.07, 6.45) is 0.724. The van der Waals surface area contributed by atoms with E-state index < -0.39 is 11.8 Å². The van der Waals surface area contributed by atoms with Gasteiger partial charge < -0.3 is 20.1 Å². The number of urea groups is 1. The monoisotopic (exact) mass is 410 g/mol. The molecule has 6 nitrogen and oxygen atoms in total. The summed E-state index contributed by atoms with van der Waals surface area (Å²) in [5.41, 5.74) is 2.15. The number of H-pyrrole nitrogens is 1. The number of aromatic amines is 1. The Morgan fingerprint density at radius 2 is 1.87 bits per heavy atom. The molecule has 0 saturated carbocycles. The van der Waals surface area contributed by atoms with Crippen molar-refractivity contribution in [3.05, 3.63) is 75.8 Å². The van der Waals surface area contributed by atoms with E-state index in [4.69, 9.17) is 0 Å². The first-order valence-corrected chi connectivity index (χ1v) is 9.92. The van der Waals surface area contributed by atoms with Gasteiger partial charge in [0, 0.05) is 12.1 Å². The van der Waals surface area contributed by atoms with E-state index >= 15 is 0 Å². The van der Waals surface area contributed by atoms with Gasteiger partial charge in [0.05, 0.1) is 17.7 Å². The van der Waals surface area contributed by atoms with Crippen molar-refractivity contribution in [2.75, 3.05) is 32.5 Å². The van der Waals surface area contributed by atoms with Crippen molar-refractivity contribution >= 4 is 22.6 Å². The fourth-order valence-corrected chi connectivity index (χ4v) is 3.34. The molecule has 0 spiro atoms. The highest BCUT2D eigenvalue weighted by atomic mass is 19.1. The van der Waals surface area contributed by atoms with Crippen LogP contribution in [0.4, 0.5) is 14.9 Å². The van der Waals surface area contributed by atoms with E-state index in [2.05, 4.69) is 10.3 Å². The van der Waals surface area contributed by atoms with Gasteiger partial charge in [-0.1, -0.05) is 30.3 Å². The summed E-state index contributed by atoms with van der Waals surface area (Å²) in [5.74, 6) is -0.502. The number of amides is 2. The van der Waals surface area contributed by atoms with Crippen molar-refractivity contribution in [2.45, 2.75) is 19.9 Å². The molecule has 0 saturated heterocycles. The molecule has 2 amide bonds. The zero-order chi connectivity index (χ0) is 21.7. The molecule has 0 unspecified atom stereocenters. The highest BCUT2D eigenvalue weighted by Gasteiger charge is 2.18. The predicted octanol–water partition coefficient (Wildman–Crippen LogP) is 3.96. The minimum Gasteiger partial charge on any atom is -0.321 e. The van der Waals surface area contributed by atoms with Crippen molar-refractivity contribution in [2.24, 2.45) is 0 Å². The first kappa shape index (κ1) is 21.5. The molecular formula is C23H27FN4O2. The Balaban J connectivity index is 1.85. The van der Waals surface area contributed by atoms with E-state index in [0.717, 1.165) is 29.4 Å². The minimum absolute atomic E-state index is 0.114. The second kappa shape index (κ2) is 9.54. The van der Waals surface area contributed by atoms with Crippen molar-refractivity contribution in [3.63, 3.8) is 0 Å². The Kier molecular flexibility index (Phi) is 6.84. The average Bonchev–Trinajstić information content (AvgIpc) is 2.70. The van der Waals surface area contributed by atoms with Crippen LogP contribution in [0.15, 0.2) is 53.3 Å². The first-order chi connectivity index (χ1) is 14.3. The molecule has 1 aromatic heterocycles. The summed E-state index contributed by atoms with van der Waals surface area (Å²) in [6.45, 7) is 3.29. The van der Waals surface area contributed by atoms with E-state index in [0.29, 0.717) is 12.1 Å². The van der Waals surface area contributed by atoms with Crippen LogP contribution in [0, 0.1) is 12.7 Å². The fraction of sp³-hybridized carbons (Fsp3) is 0.304. The number of fused-ring (bicyclic) bond motifs is 1. The number of aromatic nitrogens is 1. The second-order valence-electron chi connectivity index (χ2n) is 7.65. The lowest BCUT2D eigenvalue weighted by Crippen LogP contribution is -2.38. The van der Waals surface area contributed by atoms with Crippen molar-refractivity contribution < 1.29 is 9.18 Å². The molecule has 2 aromatic carbocycles. The van der Waals surface area contributed by atoms with Crippen LogP contribution < -0.4 is 10.9 Å². The topological polar surface area (TPSA) is 68.4 Å². The molecule has 0 radical (unpaired) electrons. The normalized spacial score (nSPS) is 11.1. The molecule has 7 heteroatoms. The Labute approximate surface area is 175 Å². The van der Waals surface area contributed by atoms with Gasteiger partial charge in [-0.2, -0.15) is 0 Å². The third-order valence-electron chi connectivity index (χ3n) is 4.96. The molecule has 3 aromatic rings. The Bertz CT molecular complexity index is 1090. The van der Waals surface area contributed by atoms with Gasteiger partial charge in [-0.05, 0) is 63.1 Å². The maximum atomic E-state index is 14.0. The maximum absolute atomic E-state index is 14.0. The van der Waals surface area contributed by atoms with Crippen molar-refractivity contribution in [3.8, 4) is 0 Å². The zero-order valence-electron chi connectivity index (χ0n) is 17.5. The van der Waals surface area contributed by atoms with Gasteiger partial charge in [0.2, 0.25) is 0 Å². The summed E-state index contributed by atoms with van der Waals surface area (Å²) in [6, 6.07) is 13.2. The quantitative estimate of drug-likeness (QED) is 0.620. The van der Waals surface area contributed by atoms with Gasteiger partial charge in [-0.25, -0.2) is 9.18 Å². The molecule has 0 aliphatic heterocycles. The van der Waals surface area contributed by atoms with Crippen LogP contribution in [-0.4, -0.2) is 48.0 Å².